The molecular weight excluding hydrogens is 240 g/mol. The Balaban J connectivity index is 1.80. The van der Waals surface area contributed by atoms with Crippen molar-refractivity contribution in [2.45, 2.75) is 69.9 Å². The largest absolute Gasteiger partial charge is 0.480 e. The predicted molar refractivity (Wildman–Crippen MR) is 76.3 cm³/mol. The van der Waals surface area contributed by atoms with Crippen LogP contribution in [0.1, 0.15) is 58.3 Å². The summed E-state index contributed by atoms with van der Waals surface area (Å²) in [7, 11) is 0. The van der Waals surface area contributed by atoms with Gasteiger partial charge >= 0.3 is 5.97 Å². The Bertz CT molecular complexity index is 297. The summed E-state index contributed by atoms with van der Waals surface area (Å²) >= 11 is 0. The molecule has 1 unspecified atom stereocenters. The molecule has 4 nitrogen and oxygen atoms in total. The number of carbonyl (C=O) groups is 1. The van der Waals surface area contributed by atoms with E-state index in [4.69, 9.17) is 0 Å². The van der Waals surface area contributed by atoms with Gasteiger partial charge < -0.3 is 10.0 Å². The normalized spacial score (nSPS) is 25.3. The number of carboxylic acids is 1. The van der Waals surface area contributed by atoms with Crippen molar-refractivity contribution in [2.24, 2.45) is 0 Å². The van der Waals surface area contributed by atoms with E-state index in [9.17, 15) is 9.90 Å². The van der Waals surface area contributed by atoms with Crippen molar-refractivity contribution in [3.8, 4) is 0 Å². The molecule has 2 N–H and O–H groups in total. The van der Waals surface area contributed by atoms with Gasteiger partial charge in [0, 0.05) is 12.6 Å². The summed E-state index contributed by atoms with van der Waals surface area (Å²) in [4.78, 5) is 14.0. The number of hydrogen-bond donors (Lipinski definition) is 2. The SMILES string of the molecule is CC(CCN1CCCCCCC1)(NC1CC1)C(=O)O. The first-order valence-electron chi connectivity index (χ1n) is 7.84. The van der Waals surface area contributed by atoms with Gasteiger partial charge in [-0.2, -0.15) is 0 Å². The summed E-state index contributed by atoms with van der Waals surface area (Å²) in [5.41, 5.74) is -0.746. The van der Waals surface area contributed by atoms with Crippen molar-refractivity contribution in [3.05, 3.63) is 0 Å². The van der Waals surface area contributed by atoms with Crippen molar-refractivity contribution in [1.82, 2.24) is 10.2 Å². The van der Waals surface area contributed by atoms with Gasteiger partial charge in [-0.15, -0.1) is 0 Å². The smallest absolute Gasteiger partial charge is 0.323 e. The van der Waals surface area contributed by atoms with Gasteiger partial charge in [0.05, 0.1) is 0 Å². The van der Waals surface area contributed by atoms with Crippen molar-refractivity contribution in [1.29, 1.82) is 0 Å². The molecular formula is C15H28N2O2. The second-order valence-corrected chi connectivity index (χ2v) is 6.42. The average molecular weight is 268 g/mol. The van der Waals surface area contributed by atoms with Gasteiger partial charge in [0.1, 0.15) is 5.54 Å². The number of likely N-dealkylation sites (tertiary alicyclic amines) is 1. The minimum atomic E-state index is -0.746. The Morgan fingerprint density at radius 3 is 2.32 bits per heavy atom. The Kier molecular flexibility index (Phi) is 5.22. The van der Waals surface area contributed by atoms with Crippen molar-refractivity contribution in [3.63, 3.8) is 0 Å². The summed E-state index contributed by atoms with van der Waals surface area (Å²) in [5.74, 6) is -0.702. The number of hydrogen-bond acceptors (Lipinski definition) is 3. The number of aliphatic carboxylic acids is 1. The van der Waals surface area contributed by atoms with E-state index in [1.54, 1.807) is 0 Å². The molecule has 1 saturated heterocycles. The monoisotopic (exact) mass is 268 g/mol. The molecule has 4 heteroatoms. The van der Waals surface area contributed by atoms with Crippen LogP contribution < -0.4 is 5.32 Å². The summed E-state index contributed by atoms with van der Waals surface area (Å²) in [6.07, 6.45) is 9.52. The van der Waals surface area contributed by atoms with E-state index >= 15 is 0 Å². The van der Waals surface area contributed by atoms with E-state index in [0.717, 1.165) is 32.5 Å². The lowest BCUT2D eigenvalue weighted by atomic mass is 9.97. The Morgan fingerprint density at radius 1 is 1.21 bits per heavy atom. The summed E-state index contributed by atoms with van der Waals surface area (Å²) in [6.45, 7) is 5.03. The van der Waals surface area contributed by atoms with Crippen molar-refractivity contribution < 1.29 is 9.90 Å². The summed E-state index contributed by atoms with van der Waals surface area (Å²) in [6, 6.07) is 0.438. The summed E-state index contributed by atoms with van der Waals surface area (Å²) < 4.78 is 0. The van der Waals surface area contributed by atoms with E-state index in [2.05, 4.69) is 10.2 Å². The molecule has 0 aromatic heterocycles. The van der Waals surface area contributed by atoms with Crippen LogP contribution in [0.3, 0.4) is 0 Å². The zero-order chi connectivity index (χ0) is 13.7. The third-order valence-electron chi connectivity index (χ3n) is 4.45. The molecule has 1 atom stereocenters. The van der Waals surface area contributed by atoms with Gasteiger partial charge in [-0.1, -0.05) is 19.3 Å². The zero-order valence-electron chi connectivity index (χ0n) is 12.2. The molecule has 1 aliphatic heterocycles. The molecule has 2 rings (SSSR count). The van der Waals surface area contributed by atoms with Crippen LogP contribution >= 0.6 is 0 Å². The first-order chi connectivity index (χ1) is 9.10. The lowest BCUT2D eigenvalue weighted by Crippen LogP contribution is -2.52. The third kappa shape index (κ3) is 4.77. The predicted octanol–water partition coefficient (Wildman–Crippen LogP) is 2.24. The maximum Gasteiger partial charge on any atom is 0.323 e. The lowest BCUT2D eigenvalue weighted by Gasteiger charge is -2.31. The van der Waals surface area contributed by atoms with Crippen LogP contribution in [0, 0.1) is 0 Å². The van der Waals surface area contributed by atoms with Gasteiger partial charge in [0.2, 0.25) is 0 Å². The first-order valence-corrected chi connectivity index (χ1v) is 7.84. The average Bonchev–Trinajstić information content (AvgIpc) is 3.11. The third-order valence-corrected chi connectivity index (χ3v) is 4.45. The van der Waals surface area contributed by atoms with Crippen LogP contribution in [0.2, 0.25) is 0 Å². The van der Waals surface area contributed by atoms with E-state index in [0.29, 0.717) is 12.5 Å². The molecule has 2 fully saturated rings. The Morgan fingerprint density at radius 2 is 1.79 bits per heavy atom. The van der Waals surface area contributed by atoms with Gasteiger partial charge in [-0.05, 0) is 52.1 Å². The molecule has 0 amide bonds. The number of rotatable bonds is 6. The molecule has 1 saturated carbocycles. The minimum absolute atomic E-state index is 0.438. The highest BCUT2D eigenvalue weighted by molar-refractivity contribution is 5.78. The standard InChI is InChI=1S/C15H28N2O2/c1-15(14(18)19,16-13-7-8-13)9-12-17-10-5-3-2-4-6-11-17/h13,16H,2-12H2,1H3,(H,18,19). The molecule has 2 aliphatic rings. The second kappa shape index (κ2) is 6.71. The minimum Gasteiger partial charge on any atom is -0.480 e. The molecule has 0 radical (unpaired) electrons. The number of nitrogens with zero attached hydrogens (tertiary/aromatic N) is 1. The molecule has 0 aromatic rings. The zero-order valence-corrected chi connectivity index (χ0v) is 12.2. The van der Waals surface area contributed by atoms with E-state index in [1.165, 1.54) is 32.1 Å². The van der Waals surface area contributed by atoms with Gasteiger partial charge in [-0.25, -0.2) is 0 Å². The fourth-order valence-electron chi connectivity index (χ4n) is 2.84. The second-order valence-electron chi connectivity index (χ2n) is 6.42. The molecule has 1 aliphatic carbocycles. The Labute approximate surface area is 116 Å². The van der Waals surface area contributed by atoms with Gasteiger partial charge in [0.25, 0.3) is 0 Å². The molecule has 1 heterocycles. The van der Waals surface area contributed by atoms with Crippen LogP contribution in [0.4, 0.5) is 0 Å². The summed E-state index contributed by atoms with van der Waals surface area (Å²) in [5, 5.41) is 12.8. The maximum absolute atomic E-state index is 11.5. The molecule has 0 spiro atoms. The number of carboxylic acid groups (broad SMARTS) is 1. The topological polar surface area (TPSA) is 52.6 Å². The molecule has 19 heavy (non-hydrogen) atoms. The first kappa shape index (κ1) is 14.8. The van der Waals surface area contributed by atoms with Crippen LogP contribution in [-0.2, 0) is 4.79 Å². The fraction of sp³-hybridized carbons (Fsp3) is 0.933. The molecule has 0 bridgehead atoms. The van der Waals surface area contributed by atoms with Crippen LogP contribution in [0.25, 0.3) is 0 Å². The fourth-order valence-corrected chi connectivity index (χ4v) is 2.84. The Hall–Kier alpha value is -0.610. The number of nitrogens with one attached hydrogen (secondary N) is 1. The molecule has 110 valence electrons. The quantitative estimate of drug-likeness (QED) is 0.775. The van der Waals surface area contributed by atoms with Crippen LogP contribution in [0.15, 0.2) is 0 Å². The van der Waals surface area contributed by atoms with Crippen LogP contribution in [0.5, 0.6) is 0 Å². The highest BCUT2D eigenvalue weighted by atomic mass is 16.4. The van der Waals surface area contributed by atoms with Gasteiger partial charge in [0.15, 0.2) is 0 Å². The van der Waals surface area contributed by atoms with Crippen molar-refractivity contribution >= 4 is 5.97 Å². The van der Waals surface area contributed by atoms with E-state index in [-0.39, 0.29) is 0 Å². The lowest BCUT2D eigenvalue weighted by molar-refractivity contribution is -0.144. The maximum atomic E-state index is 11.5. The molecule has 0 aromatic carbocycles. The highest BCUT2D eigenvalue weighted by Crippen LogP contribution is 2.24. The van der Waals surface area contributed by atoms with E-state index in [1.807, 2.05) is 6.92 Å². The van der Waals surface area contributed by atoms with Crippen LogP contribution in [-0.4, -0.2) is 47.2 Å². The van der Waals surface area contributed by atoms with Crippen molar-refractivity contribution in [2.75, 3.05) is 19.6 Å². The van der Waals surface area contributed by atoms with E-state index < -0.39 is 11.5 Å². The highest BCUT2D eigenvalue weighted by Gasteiger charge is 2.38. The van der Waals surface area contributed by atoms with Gasteiger partial charge in [-0.3, -0.25) is 10.1 Å².